The van der Waals surface area contributed by atoms with E-state index in [1.807, 2.05) is 19.9 Å². The minimum absolute atomic E-state index is 0.136. The zero-order valence-corrected chi connectivity index (χ0v) is 15.5. The molecule has 3 rings (SSSR count). The van der Waals surface area contributed by atoms with Gasteiger partial charge in [0, 0.05) is 28.1 Å². The van der Waals surface area contributed by atoms with Gasteiger partial charge in [0.05, 0.1) is 13.7 Å². The molecule has 1 amide bonds. The van der Waals surface area contributed by atoms with Crippen molar-refractivity contribution in [3.63, 3.8) is 0 Å². The number of pyridine rings is 1. The van der Waals surface area contributed by atoms with Gasteiger partial charge in [-0.1, -0.05) is 0 Å². The number of methoxy groups -OCH3 is 1. The van der Waals surface area contributed by atoms with Crippen LogP contribution in [0.2, 0.25) is 0 Å². The molecule has 1 heterocycles. The number of hydrogen-bond acceptors (Lipinski definition) is 3. The molecule has 5 nitrogen and oxygen atoms in total. The first-order valence-corrected chi connectivity index (χ1v) is 8.65. The third-order valence-corrected chi connectivity index (χ3v) is 4.44. The number of H-pyrrole nitrogens is 1. The van der Waals surface area contributed by atoms with Crippen molar-refractivity contribution < 1.29 is 13.9 Å². The summed E-state index contributed by atoms with van der Waals surface area (Å²) >= 11 is 0. The average Bonchev–Trinajstić information content (AvgIpc) is 2.65. The van der Waals surface area contributed by atoms with Crippen LogP contribution >= 0.6 is 0 Å². The maximum absolute atomic E-state index is 13.1. The van der Waals surface area contributed by atoms with Gasteiger partial charge >= 0.3 is 0 Å². The second-order valence-electron chi connectivity index (χ2n) is 6.61. The minimum Gasteiger partial charge on any atom is -0.497 e. The quantitative estimate of drug-likeness (QED) is 0.746. The molecule has 0 atom stereocenters. The lowest BCUT2D eigenvalue weighted by Gasteiger charge is -2.27. The highest BCUT2D eigenvalue weighted by atomic mass is 19.1. The maximum Gasteiger partial charge on any atom is 0.254 e. The van der Waals surface area contributed by atoms with E-state index in [0.29, 0.717) is 22.4 Å². The molecule has 2 aromatic carbocycles. The van der Waals surface area contributed by atoms with Crippen LogP contribution in [-0.4, -0.2) is 28.9 Å². The molecular formula is C21H21FN2O3. The van der Waals surface area contributed by atoms with Crippen molar-refractivity contribution in [2.24, 2.45) is 0 Å². The summed E-state index contributed by atoms with van der Waals surface area (Å²) in [5, 5.41) is 0.821. The Balaban J connectivity index is 1.96. The summed E-state index contributed by atoms with van der Waals surface area (Å²) in [6.07, 6.45) is 0. The molecule has 3 aromatic rings. The van der Waals surface area contributed by atoms with Crippen molar-refractivity contribution in [2.45, 2.75) is 26.4 Å². The number of nitrogens with zero attached hydrogens (tertiary/aromatic N) is 1. The molecule has 0 aliphatic carbocycles. The van der Waals surface area contributed by atoms with Crippen LogP contribution in [0.4, 0.5) is 4.39 Å². The topological polar surface area (TPSA) is 62.4 Å². The zero-order chi connectivity index (χ0) is 19.6. The van der Waals surface area contributed by atoms with Crippen molar-refractivity contribution in [2.75, 3.05) is 7.11 Å². The Morgan fingerprint density at radius 2 is 1.85 bits per heavy atom. The number of rotatable bonds is 5. The van der Waals surface area contributed by atoms with Crippen molar-refractivity contribution in [1.82, 2.24) is 9.88 Å². The number of amides is 1. The van der Waals surface area contributed by atoms with Gasteiger partial charge < -0.3 is 14.6 Å². The molecule has 1 aromatic heterocycles. The predicted molar refractivity (Wildman–Crippen MR) is 103 cm³/mol. The van der Waals surface area contributed by atoms with E-state index in [4.69, 9.17) is 4.74 Å². The molecule has 0 saturated carbocycles. The van der Waals surface area contributed by atoms with E-state index < -0.39 is 5.82 Å². The van der Waals surface area contributed by atoms with Crippen molar-refractivity contribution in [3.8, 4) is 5.75 Å². The molecule has 1 N–H and O–H groups in total. The number of nitrogens with one attached hydrogen (secondary N) is 1. The fourth-order valence-electron chi connectivity index (χ4n) is 2.91. The van der Waals surface area contributed by atoms with E-state index in [0.717, 1.165) is 5.39 Å². The number of aromatic amines is 1. The molecule has 0 radical (unpaired) electrons. The molecular weight excluding hydrogens is 347 g/mol. The first-order chi connectivity index (χ1) is 12.9. The van der Waals surface area contributed by atoms with Crippen LogP contribution in [0.1, 0.15) is 29.8 Å². The fraction of sp³-hybridized carbons (Fsp3) is 0.238. The van der Waals surface area contributed by atoms with Crippen molar-refractivity contribution in [1.29, 1.82) is 0 Å². The number of aromatic nitrogens is 1. The van der Waals surface area contributed by atoms with Crippen LogP contribution in [0.5, 0.6) is 5.75 Å². The largest absolute Gasteiger partial charge is 0.497 e. The van der Waals surface area contributed by atoms with E-state index >= 15 is 0 Å². The summed E-state index contributed by atoms with van der Waals surface area (Å²) in [5.74, 6) is 0.0290. The lowest BCUT2D eigenvalue weighted by atomic mass is 10.1. The molecule has 6 heteroatoms. The maximum atomic E-state index is 13.1. The standard InChI is InChI=1S/C21H21FN2O3/c1-13(2)24(21(26)14-4-6-17(22)7-5-14)12-16-10-15-11-18(27-3)8-9-19(15)23-20(16)25/h4-11,13H,12H2,1-3H3,(H,23,25). The van der Waals surface area contributed by atoms with Crippen molar-refractivity contribution in [3.05, 3.63) is 75.8 Å². The van der Waals surface area contributed by atoms with Gasteiger partial charge in [-0.05, 0) is 62.4 Å². The number of hydrogen-bond donors (Lipinski definition) is 1. The molecule has 140 valence electrons. The Morgan fingerprint density at radius 3 is 2.48 bits per heavy atom. The Hall–Kier alpha value is -3.15. The first kappa shape index (κ1) is 18.6. The van der Waals surface area contributed by atoms with E-state index in [1.165, 1.54) is 24.3 Å². The van der Waals surface area contributed by atoms with E-state index in [1.54, 1.807) is 30.2 Å². The first-order valence-electron chi connectivity index (χ1n) is 8.65. The third-order valence-electron chi connectivity index (χ3n) is 4.44. The highest BCUT2D eigenvalue weighted by molar-refractivity contribution is 5.94. The monoisotopic (exact) mass is 368 g/mol. The number of halogens is 1. The Kier molecular flexibility index (Phi) is 5.26. The number of carbonyl (C=O) groups is 1. The summed E-state index contributed by atoms with van der Waals surface area (Å²) in [7, 11) is 1.58. The normalized spacial score (nSPS) is 11.0. The molecule has 0 fully saturated rings. The summed E-state index contributed by atoms with van der Waals surface area (Å²) in [4.78, 5) is 29.8. The van der Waals surface area contributed by atoms with Gasteiger partial charge in [0.1, 0.15) is 11.6 Å². The Bertz CT molecular complexity index is 1030. The number of benzene rings is 2. The smallest absolute Gasteiger partial charge is 0.254 e. The van der Waals surface area contributed by atoms with Crippen LogP contribution < -0.4 is 10.3 Å². The van der Waals surface area contributed by atoms with Crippen LogP contribution in [0, 0.1) is 5.82 Å². The van der Waals surface area contributed by atoms with Crippen LogP contribution in [-0.2, 0) is 6.54 Å². The third kappa shape index (κ3) is 4.00. The molecule has 0 saturated heterocycles. The zero-order valence-electron chi connectivity index (χ0n) is 15.5. The Morgan fingerprint density at radius 1 is 1.15 bits per heavy atom. The van der Waals surface area contributed by atoms with Gasteiger partial charge in [0.15, 0.2) is 0 Å². The van der Waals surface area contributed by atoms with Gasteiger partial charge in [0.25, 0.3) is 11.5 Å². The highest BCUT2D eigenvalue weighted by Crippen LogP contribution is 2.20. The van der Waals surface area contributed by atoms with Crippen LogP contribution in [0.3, 0.4) is 0 Å². The number of fused-ring (bicyclic) bond motifs is 1. The molecule has 0 unspecified atom stereocenters. The van der Waals surface area contributed by atoms with E-state index in [9.17, 15) is 14.0 Å². The summed E-state index contributed by atoms with van der Waals surface area (Å²) in [6, 6.07) is 12.4. The highest BCUT2D eigenvalue weighted by Gasteiger charge is 2.20. The molecule has 0 aliphatic heterocycles. The summed E-state index contributed by atoms with van der Waals surface area (Å²) in [5.41, 5.74) is 1.31. The second kappa shape index (κ2) is 7.61. The predicted octanol–water partition coefficient (Wildman–Crippen LogP) is 3.73. The minimum atomic E-state index is -0.400. The SMILES string of the molecule is COc1ccc2[nH]c(=O)c(CN(C(=O)c3ccc(F)cc3)C(C)C)cc2c1. The van der Waals surface area contributed by atoms with Crippen LogP contribution in [0.15, 0.2) is 53.3 Å². The molecule has 0 bridgehead atoms. The fourth-order valence-corrected chi connectivity index (χ4v) is 2.91. The molecule has 27 heavy (non-hydrogen) atoms. The second-order valence-corrected chi connectivity index (χ2v) is 6.61. The number of ether oxygens (including phenoxy) is 1. The van der Waals surface area contributed by atoms with Crippen LogP contribution in [0.25, 0.3) is 10.9 Å². The van der Waals surface area contributed by atoms with Gasteiger partial charge in [0.2, 0.25) is 0 Å². The summed E-state index contributed by atoms with van der Waals surface area (Å²) < 4.78 is 18.4. The Labute approximate surface area is 156 Å². The van der Waals surface area contributed by atoms with Gasteiger partial charge in [-0.15, -0.1) is 0 Å². The average molecular weight is 368 g/mol. The lowest BCUT2D eigenvalue weighted by Crippen LogP contribution is -2.38. The lowest BCUT2D eigenvalue weighted by molar-refractivity contribution is 0.0689. The van der Waals surface area contributed by atoms with Gasteiger partial charge in [-0.25, -0.2) is 4.39 Å². The number of carbonyl (C=O) groups excluding carboxylic acids is 1. The van der Waals surface area contributed by atoms with Gasteiger partial charge in [-0.3, -0.25) is 9.59 Å². The molecule has 0 spiro atoms. The summed E-state index contributed by atoms with van der Waals surface area (Å²) in [6.45, 7) is 3.90. The molecule has 0 aliphatic rings. The van der Waals surface area contributed by atoms with Gasteiger partial charge in [-0.2, -0.15) is 0 Å². The van der Waals surface area contributed by atoms with E-state index in [2.05, 4.69) is 4.98 Å². The van der Waals surface area contributed by atoms with Crippen molar-refractivity contribution >= 4 is 16.8 Å². The van der Waals surface area contributed by atoms with E-state index in [-0.39, 0.29) is 24.1 Å².